The summed E-state index contributed by atoms with van der Waals surface area (Å²) in [5, 5.41) is 0. The van der Waals surface area contributed by atoms with Crippen LogP contribution in [0.4, 0.5) is 24.9 Å². The summed E-state index contributed by atoms with van der Waals surface area (Å²) in [6.45, 7) is 3.87. The summed E-state index contributed by atoms with van der Waals surface area (Å²) in [4.78, 5) is 11.5. The molecule has 0 saturated carbocycles. The van der Waals surface area contributed by atoms with Crippen molar-refractivity contribution in [2.75, 3.05) is 43.4 Å². The van der Waals surface area contributed by atoms with Crippen LogP contribution in [0.2, 0.25) is 0 Å². The molecule has 1 aromatic carbocycles. The number of unbranched alkanes of at least 4 members (excludes halogenated alkanes) is 1. The van der Waals surface area contributed by atoms with Crippen LogP contribution >= 0.6 is 0 Å². The quantitative estimate of drug-likeness (QED) is 0.781. The molecule has 2 heterocycles. The SMILES string of the molecule is Nc1nc(N2CCN(CCCCc3ccccc3)CC2)cc(C(F)(F)F)n1. The molecule has 2 N–H and O–H groups in total. The second-order valence-electron chi connectivity index (χ2n) is 6.74. The lowest BCUT2D eigenvalue weighted by molar-refractivity contribution is -0.141. The van der Waals surface area contributed by atoms with E-state index in [1.165, 1.54) is 5.56 Å². The number of nitrogen functional groups attached to an aromatic ring is 1. The third-order valence-electron chi connectivity index (χ3n) is 4.75. The molecular weight excluding hydrogens is 355 g/mol. The summed E-state index contributed by atoms with van der Waals surface area (Å²) in [5.41, 5.74) is 5.82. The van der Waals surface area contributed by atoms with Gasteiger partial charge in [-0.25, -0.2) is 4.98 Å². The predicted molar refractivity (Wildman–Crippen MR) is 99.5 cm³/mol. The van der Waals surface area contributed by atoms with Gasteiger partial charge < -0.3 is 10.6 Å². The number of hydrogen-bond acceptors (Lipinski definition) is 5. The van der Waals surface area contributed by atoms with E-state index in [4.69, 9.17) is 5.73 Å². The molecular formula is C19H24F3N5. The van der Waals surface area contributed by atoms with Crippen molar-refractivity contribution >= 4 is 11.8 Å². The van der Waals surface area contributed by atoms with Gasteiger partial charge in [0.1, 0.15) is 5.82 Å². The lowest BCUT2D eigenvalue weighted by Crippen LogP contribution is -2.47. The maximum absolute atomic E-state index is 12.9. The zero-order valence-corrected chi connectivity index (χ0v) is 15.1. The number of alkyl halides is 3. The fourth-order valence-corrected chi connectivity index (χ4v) is 3.27. The Kier molecular flexibility index (Phi) is 6.15. The first-order chi connectivity index (χ1) is 12.9. The first-order valence-corrected chi connectivity index (χ1v) is 9.15. The van der Waals surface area contributed by atoms with E-state index in [1.807, 2.05) is 11.0 Å². The Morgan fingerprint density at radius 1 is 0.963 bits per heavy atom. The van der Waals surface area contributed by atoms with Gasteiger partial charge in [0.25, 0.3) is 0 Å². The number of hydrogen-bond donors (Lipinski definition) is 1. The average molecular weight is 379 g/mol. The van der Waals surface area contributed by atoms with Crippen molar-refractivity contribution in [1.29, 1.82) is 0 Å². The summed E-state index contributed by atoms with van der Waals surface area (Å²) in [6.07, 6.45) is -1.22. The molecule has 27 heavy (non-hydrogen) atoms. The molecule has 146 valence electrons. The predicted octanol–water partition coefficient (Wildman–Crippen LogP) is 3.22. The van der Waals surface area contributed by atoms with Gasteiger partial charge in [-0.1, -0.05) is 30.3 Å². The normalized spacial score (nSPS) is 15.9. The fourth-order valence-electron chi connectivity index (χ4n) is 3.27. The highest BCUT2D eigenvalue weighted by Crippen LogP contribution is 2.30. The third kappa shape index (κ3) is 5.56. The minimum absolute atomic E-state index is 0.249. The third-order valence-corrected chi connectivity index (χ3v) is 4.75. The Morgan fingerprint density at radius 3 is 2.33 bits per heavy atom. The van der Waals surface area contributed by atoms with Crippen molar-refractivity contribution in [3.63, 3.8) is 0 Å². The fraction of sp³-hybridized carbons (Fsp3) is 0.474. The Labute approximate surface area is 157 Å². The van der Waals surface area contributed by atoms with E-state index in [9.17, 15) is 13.2 Å². The van der Waals surface area contributed by atoms with E-state index in [0.29, 0.717) is 13.1 Å². The van der Waals surface area contributed by atoms with Gasteiger partial charge in [0.2, 0.25) is 5.95 Å². The molecule has 1 saturated heterocycles. The van der Waals surface area contributed by atoms with Gasteiger partial charge in [-0.3, -0.25) is 4.90 Å². The van der Waals surface area contributed by atoms with Crippen molar-refractivity contribution in [3.05, 3.63) is 47.7 Å². The smallest absolute Gasteiger partial charge is 0.368 e. The highest BCUT2D eigenvalue weighted by Gasteiger charge is 2.34. The molecule has 1 aliphatic rings. The first-order valence-electron chi connectivity index (χ1n) is 9.15. The van der Waals surface area contributed by atoms with Crippen molar-refractivity contribution < 1.29 is 13.2 Å². The number of aryl methyl sites for hydroxylation is 1. The average Bonchev–Trinajstić information content (AvgIpc) is 2.65. The molecule has 0 radical (unpaired) electrons. The van der Waals surface area contributed by atoms with Crippen LogP contribution in [0.3, 0.4) is 0 Å². The van der Waals surface area contributed by atoms with Gasteiger partial charge in [0.15, 0.2) is 5.69 Å². The van der Waals surface area contributed by atoms with Crippen LogP contribution in [0.15, 0.2) is 36.4 Å². The number of rotatable bonds is 6. The molecule has 1 fully saturated rings. The zero-order valence-electron chi connectivity index (χ0n) is 15.1. The molecule has 3 rings (SSSR count). The van der Waals surface area contributed by atoms with Gasteiger partial charge in [-0.2, -0.15) is 18.2 Å². The molecule has 0 aliphatic carbocycles. The van der Waals surface area contributed by atoms with Gasteiger partial charge >= 0.3 is 6.18 Å². The van der Waals surface area contributed by atoms with E-state index in [-0.39, 0.29) is 11.8 Å². The summed E-state index contributed by atoms with van der Waals surface area (Å²) in [5.74, 6) is -0.0956. The van der Waals surface area contributed by atoms with Crippen LogP contribution in [-0.4, -0.2) is 47.6 Å². The minimum Gasteiger partial charge on any atom is -0.368 e. The minimum atomic E-state index is -4.52. The Hall–Kier alpha value is -2.35. The number of benzene rings is 1. The second kappa shape index (κ2) is 8.56. The largest absolute Gasteiger partial charge is 0.433 e. The molecule has 0 spiro atoms. The van der Waals surface area contributed by atoms with Crippen molar-refractivity contribution in [3.8, 4) is 0 Å². The van der Waals surface area contributed by atoms with Gasteiger partial charge in [-0.15, -0.1) is 0 Å². The monoisotopic (exact) mass is 379 g/mol. The summed E-state index contributed by atoms with van der Waals surface area (Å²) >= 11 is 0. The summed E-state index contributed by atoms with van der Waals surface area (Å²) in [6, 6.07) is 11.4. The Bertz CT molecular complexity index is 728. The zero-order chi connectivity index (χ0) is 19.3. The maximum atomic E-state index is 12.9. The van der Waals surface area contributed by atoms with Crippen molar-refractivity contribution in [2.24, 2.45) is 0 Å². The molecule has 2 aromatic rings. The van der Waals surface area contributed by atoms with Gasteiger partial charge in [0, 0.05) is 32.2 Å². The standard InChI is InChI=1S/C19H24F3N5/c20-19(21,22)16-14-17(25-18(23)24-16)27-12-10-26(11-13-27)9-5-4-8-15-6-2-1-3-7-15/h1-3,6-7,14H,4-5,8-13H2,(H2,23,24,25). The molecule has 0 bridgehead atoms. The number of nitrogens with two attached hydrogens (primary N) is 1. The van der Waals surface area contributed by atoms with Crippen LogP contribution in [-0.2, 0) is 12.6 Å². The number of piperazine rings is 1. The number of halogens is 3. The van der Waals surface area contributed by atoms with Crippen LogP contribution in [0.25, 0.3) is 0 Å². The van der Waals surface area contributed by atoms with E-state index in [0.717, 1.165) is 45.0 Å². The first kappa shape index (κ1) is 19.4. The van der Waals surface area contributed by atoms with Gasteiger partial charge in [-0.05, 0) is 31.4 Å². The van der Waals surface area contributed by atoms with E-state index in [2.05, 4.69) is 39.1 Å². The summed E-state index contributed by atoms with van der Waals surface area (Å²) in [7, 11) is 0. The highest BCUT2D eigenvalue weighted by atomic mass is 19.4. The lowest BCUT2D eigenvalue weighted by Gasteiger charge is -2.35. The number of nitrogens with zero attached hydrogens (tertiary/aromatic N) is 4. The van der Waals surface area contributed by atoms with Crippen molar-refractivity contribution in [1.82, 2.24) is 14.9 Å². The van der Waals surface area contributed by atoms with Gasteiger partial charge in [0.05, 0.1) is 0 Å². The molecule has 1 aliphatic heterocycles. The van der Waals surface area contributed by atoms with E-state index in [1.54, 1.807) is 0 Å². The molecule has 1 aromatic heterocycles. The summed E-state index contributed by atoms with van der Waals surface area (Å²) < 4.78 is 38.7. The van der Waals surface area contributed by atoms with Crippen LogP contribution in [0, 0.1) is 0 Å². The highest BCUT2D eigenvalue weighted by molar-refractivity contribution is 5.44. The lowest BCUT2D eigenvalue weighted by atomic mass is 10.1. The van der Waals surface area contributed by atoms with E-state index >= 15 is 0 Å². The topological polar surface area (TPSA) is 58.3 Å². The Morgan fingerprint density at radius 2 is 1.67 bits per heavy atom. The maximum Gasteiger partial charge on any atom is 0.433 e. The van der Waals surface area contributed by atoms with E-state index < -0.39 is 11.9 Å². The molecule has 0 atom stereocenters. The van der Waals surface area contributed by atoms with Crippen LogP contribution in [0.1, 0.15) is 24.1 Å². The second-order valence-corrected chi connectivity index (χ2v) is 6.74. The van der Waals surface area contributed by atoms with Crippen LogP contribution in [0.5, 0.6) is 0 Å². The number of anilines is 2. The molecule has 5 nitrogen and oxygen atoms in total. The van der Waals surface area contributed by atoms with Crippen LogP contribution < -0.4 is 10.6 Å². The van der Waals surface area contributed by atoms with Crippen molar-refractivity contribution in [2.45, 2.75) is 25.4 Å². The molecule has 0 amide bonds. The molecule has 0 unspecified atom stereocenters. The number of aromatic nitrogens is 2. The Balaban J connectivity index is 1.46. The molecule has 8 heteroatoms.